The molecule has 4 nitrogen and oxygen atoms in total. The van der Waals surface area contributed by atoms with Crippen LogP contribution >= 0.6 is 0 Å². The number of anilines is 1. The Kier molecular flexibility index (Phi) is 2.13. The molecule has 1 aliphatic rings. The molecule has 0 spiro atoms. The van der Waals surface area contributed by atoms with Crippen LogP contribution in [0.3, 0.4) is 0 Å². The van der Waals surface area contributed by atoms with Gasteiger partial charge in [0.1, 0.15) is 0 Å². The average Bonchev–Trinajstić information content (AvgIpc) is 3.03. The normalized spacial score (nSPS) is 15.1. The van der Waals surface area contributed by atoms with Gasteiger partial charge in [0.25, 0.3) is 0 Å². The SMILES string of the molecule is Cc1cn(-c2cccnc2)c(NC2CC2)n1. The van der Waals surface area contributed by atoms with Crippen LogP contribution in [0.2, 0.25) is 0 Å². The summed E-state index contributed by atoms with van der Waals surface area (Å²) in [5.74, 6) is 0.924. The van der Waals surface area contributed by atoms with Crippen LogP contribution < -0.4 is 5.32 Å². The van der Waals surface area contributed by atoms with Crippen molar-refractivity contribution in [3.05, 3.63) is 36.4 Å². The maximum Gasteiger partial charge on any atom is 0.208 e. The second-order valence-corrected chi connectivity index (χ2v) is 4.21. The van der Waals surface area contributed by atoms with Crippen molar-refractivity contribution in [2.45, 2.75) is 25.8 Å². The largest absolute Gasteiger partial charge is 0.353 e. The number of nitrogens with one attached hydrogen (secondary N) is 1. The van der Waals surface area contributed by atoms with Crippen LogP contribution in [0.15, 0.2) is 30.7 Å². The van der Waals surface area contributed by atoms with Gasteiger partial charge in [0.15, 0.2) is 0 Å². The summed E-state index contributed by atoms with van der Waals surface area (Å²) >= 11 is 0. The Morgan fingerprint density at radius 1 is 1.44 bits per heavy atom. The van der Waals surface area contributed by atoms with Crippen LogP contribution in [-0.4, -0.2) is 20.6 Å². The molecule has 0 atom stereocenters. The number of imidazole rings is 1. The third kappa shape index (κ3) is 1.78. The van der Waals surface area contributed by atoms with Crippen molar-refractivity contribution in [3.8, 4) is 5.69 Å². The highest BCUT2D eigenvalue weighted by Crippen LogP contribution is 2.25. The predicted molar refractivity (Wildman–Crippen MR) is 62.7 cm³/mol. The summed E-state index contributed by atoms with van der Waals surface area (Å²) < 4.78 is 2.06. The van der Waals surface area contributed by atoms with Gasteiger partial charge < -0.3 is 5.32 Å². The number of aromatic nitrogens is 3. The van der Waals surface area contributed by atoms with E-state index in [4.69, 9.17) is 0 Å². The minimum Gasteiger partial charge on any atom is -0.353 e. The topological polar surface area (TPSA) is 42.7 Å². The van der Waals surface area contributed by atoms with Crippen LogP contribution in [0, 0.1) is 6.92 Å². The number of rotatable bonds is 3. The quantitative estimate of drug-likeness (QED) is 0.851. The van der Waals surface area contributed by atoms with E-state index < -0.39 is 0 Å². The van der Waals surface area contributed by atoms with Gasteiger partial charge in [-0.15, -0.1) is 0 Å². The predicted octanol–water partition coefficient (Wildman–Crippen LogP) is 2.15. The third-order valence-electron chi connectivity index (χ3n) is 2.66. The van der Waals surface area contributed by atoms with E-state index in [0.717, 1.165) is 17.3 Å². The van der Waals surface area contributed by atoms with E-state index in [9.17, 15) is 0 Å². The van der Waals surface area contributed by atoms with Gasteiger partial charge in [0.2, 0.25) is 5.95 Å². The van der Waals surface area contributed by atoms with Gasteiger partial charge in [0.05, 0.1) is 17.6 Å². The first-order valence-corrected chi connectivity index (χ1v) is 5.56. The highest BCUT2D eigenvalue weighted by Gasteiger charge is 2.23. The molecule has 1 fully saturated rings. The minimum absolute atomic E-state index is 0.609. The van der Waals surface area contributed by atoms with E-state index in [1.54, 1.807) is 6.20 Å². The molecule has 82 valence electrons. The van der Waals surface area contributed by atoms with Gasteiger partial charge in [-0.3, -0.25) is 9.55 Å². The smallest absolute Gasteiger partial charge is 0.208 e. The van der Waals surface area contributed by atoms with Crippen LogP contribution in [0.1, 0.15) is 18.5 Å². The molecule has 0 bridgehead atoms. The number of aryl methyl sites for hydroxylation is 1. The second kappa shape index (κ2) is 3.63. The van der Waals surface area contributed by atoms with Crippen molar-refractivity contribution in [2.75, 3.05) is 5.32 Å². The molecule has 0 amide bonds. The molecule has 0 aromatic carbocycles. The number of pyridine rings is 1. The molecule has 2 aromatic rings. The van der Waals surface area contributed by atoms with Crippen molar-refractivity contribution in [1.29, 1.82) is 0 Å². The van der Waals surface area contributed by atoms with Crippen molar-refractivity contribution < 1.29 is 0 Å². The lowest BCUT2D eigenvalue weighted by atomic mass is 10.4. The first-order valence-electron chi connectivity index (χ1n) is 5.56. The van der Waals surface area contributed by atoms with Crippen molar-refractivity contribution in [2.24, 2.45) is 0 Å². The number of hydrogen-bond donors (Lipinski definition) is 1. The Labute approximate surface area is 94.4 Å². The van der Waals surface area contributed by atoms with E-state index in [0.29, 0.717) is 6.04 Å². The summed E-state index contributed by atoms with van der Waals surface area (Å²) in [7, 11) is 0. The van der Waals surface area contributed by atoms with Gasteiger partial charge in [-0.2, -0.15) is 0 Å². The number of hydrogen-bond acceptors (Lipinski definition) is 3. The molecule has 3 rings (SSSR count). The van der Waals surface area contributed by atoms with Gasteiger partial charge in [-0.1, -0.05) is 0 Å². The molecule has 0 unspecified atom stereocenters. The average molecular weight is 214 g/mol. The standard InChI is InChI=1S/C12H14N4/c1-9-8-16(11-3-2-6-13-7-11)12(14-9)15-10-4-5-10/h2-3,6-8,10H,4-5H2,1H3,(H,14,15). The molecule has 1 aliphatic carbocycles. The van der Waals surface area contributed by atoms with E-state index in [1.165, 1.54) is 12.8 Å². The first kappa shape index (κ1) is 9.39. The summed E-state index contributed by atoms with van der Waals surface area (Å²) in [4.78, 5) is 8.62. The lowest BCUT2D eigenvalue weighted by Gasteiger charge is -2.07. The molecule has 2 aromatic heterocycles. The maximum atomic E-state index is 4.49. The molecule has 4 heteroatoms. The molecule has 0 aliphatic heterocycles. The van der Waals surface area contributed by atoms with Gasteiger partial charge in [-0.05, 0) is 31.9 Å². The van der Waals surface area contributed by atoms with Gasteiger partial charge in [0, 0.05) is 18.4 Å². The lowest BCUT2D eigenvalue weighted by Crippen LogP contribution is -2.07. The summed E-state index contributed by atoms with van der Waals surface area (Å²) in [6, 6.07) is 4.58. The molecule has 0 radical (unpaired) electrons. The van der Waals surface area contributed by atoms with E-state index >= 15 is 0 Å². The maximum absolute atomic E-state index is 4.49. The summed E-state index contributed by atoms with van der Waals surface area (Å²) in [6.07, 6.45) is 8.15. The zero-order valence-corrected chi connectivity index (χ0v) is 9.22. The molecular weight excluding hydrogens is 200 g/mol. The fraction of sp³-hybridized carbons (Fsp3) is 0.333. The van der Waals surface area contributed by atoms with Crippen LogP contribution in [0.5, 0.6) is 0 Å². The van der Waals surface area contributed by atoms with Crippen LogP contribution in [0.25, 0.3) is 5.69 Å². The molecular formula is C12H14N4. The molecule has 1 N–H and O–H groups in total. The van der Waals surface area contributed by atoms with Crippen molar-refractivity contribution in [1.82, 2.24) is 14.5 Å². The minimum atomic E-state index is 0.609. The zero-order valence-electron chi connectivity index (χ0n) is 9.22. The number of nitrogens with zero attached hydrogens (tertiary/aromatic N) is 3. The van der Waals surface area contributed by atoms with Crippen LogP contribution in [-0.2, 0) is 0 Å². The Hall–Kier alpha value is -1.84. The fourth-order valence-corrected chi connectivity index (χ4v) is 1.70. The van der Waals surface area contributed by atoms with E-state index in [2.05, 4.69) is 19.9 Å². The first-order chi connectivity index (χ1) is 7.83. The summed E-state index contributed by atoms with van der Waals surface area (Å²) in [5, 5.41) is 3.43. The highest BCUT2D eigenvalue weighted by molar-refractivity contribution is 5.42. The zero-order chi connectivity index (χ0) is 11.0. The fourth-order valence-electron chi connectivity index (χ4n) is 1.70. The Morgan fingerprint density at radius 2 is 2.31 bits per heavy atom. The monoisotopic (exact) mass is 214 g/mol. The van der Waals surface area contributed by atoms with Gasteiger partial charge >= 0.3 is 0 Å². The van der Waals surface area contributed by atoms with E-state index in [1.807, 2.05) is 31.5 Å². The van der Waals surface area contributed by atoms with E-state index in [-0.39, 0.29) is 0 Å². The summed E-state index contributed by atoms with van der Waals surface area (Å²) in [5.41, 5.74) is 2.07. The van der Waals surface area contributed by atoms with Crippen molar-refractivity contribution >= 4 is 5.95 Å². The molecule has 0 saturated heterocycles. The molecule has 2 heterocycles. The Bertz CT molecular complexity index is 485. The summed E-state index contributed by atoms with van der Waals surface area (Å²) in [6.45, 7) is 2.00. The third-order valence-corrected chi connectivity index (χ3v) is 2.66. The molecule has 16 heavy (non-hydrogen) atoms. The van der Waals surface area contributed by atoms with Gasteiger partial charge in [-0.25, -0.2) is 4.98 Å². The van der Waals surface area contributed by atoms with Crippen LogP contribution in [0.4, 0.5) is 5.95 Å². The molecule has 1 saturated carbocycles. The van der Waals surface area contributed by atoms with Crippen molar-refractivity contribution in [3.63, 3.8) is 0 Å². The Morgan fingerprint density at radius 3 is 3.00 bits per heavy atom. The second-order valence-electron chi connectivity index (χ2n) is 4.21. The highest BCUT2D eigenvalue weighted by atomic mass is 15.2. The lowest BCUT2D eigenvalue weighted by molar-refractivity contribution is 0.994. The Balaban J connectivity index is 1.98.